The van der Waals surface area contributed by atoms with Gasteiger partial charge in [-0.1, -0.05) is 51.7 Å². The van der Waals surface area contributed by atoms with Crippen LogP contribution in [0.25, 0.3) is 0 Å². The van der Waals surface area contributed by atoms with E-state index < -0.39 is 0 Å². The van der Waals surface area contributed by atoms with Crippen molar-refractivity contribution in [3.63, 3.8) is 0 Å². The molecule has 4 unspecified atom stereocenters. The maximum Gasteiger partial charge on any atom is 0.143 e. The molecule has 0 saturated heterocycles. The molecule has 0 aromatic rings. The van der Waals surface area contributed by atoms with Crippen molar-refractivity contribution in [1.82, 2.24) is 0 Å². The first kappa shape index (κ1) is 26.9. The second-order valence-corrected chi connectivity index (χ2v) is 11.5. The van der Waals surface area contributed by atoms with Crippen LogP contribution in [0.1, 0.15) is 117 Å². The number of hydrogen-bond donors (Lipinski definition) is 1. The average Bonchev–Trinajstić information content (AvgIpc) is 3.21. The molecule has 190 valence electrons. The highest BCUT2D eigenvalue weighted by Gasteiger charge is 2.55. The van der Waals surface area contributed by atoms with Crippen LogP contribution < -0.4 is 0 Å². The first-order valence-electron chi connectivity index (χ1n) is 14.5. The first-order valence-corrected chi connectivity index (χ1v) is 14.5. The molecule has 0 bridgehead atoms. The lowest BCUT2D eigenvalue weighted by Crippen LogP contribution is -2.46. The molecule has 3 heteroatoms. The number of hydrogen-bond acceptors (Lipinski definition) is 3. The van der Waals surface area contributed by atoms with Crippen LogP contribution in [0.15, 0.2) is 17.1 Å². The highest BCUT2D eigenvalue weighted by Crippen LogP contribution is 2.63. The van der Waals surface area contributed by atoms with Gasteiger partial charge in [-0.15, -0.1) is 0 Å². The molecule has 0 spiro atoms. The predicted octanol–water partition coefficient (Wildman–Crippen LogP) is 7.97. The molecule has 0 radical (unpaired) electrons. The molecule has 1 N–H and O–H groups in total. The lowest BCUT2D eigenvalue weighted by atomic mass is 9.53. The number of rotatable bonds is 12. The molecule has 3 aliphatic rings. The van der Waals surface area contributed by atoms with Gasteiger partial charge in [0.25, 0.3) is 0 Å². The molecule has 3 rings (SSSR count). The summed E-state index contributed by atoms with van der Waals surface area (Å²) in [5.41, 5.74) is 0.603. The third-order valence-corrected chi connectivity index (χ3v) is 10.1. The zero-order chi connectivity index (χ0) is 23.5. The van der Waals surface area contributed by atoms with Gasteiger partial charge in [0.15, 0.2) is 0 Å². The quantitative estimate of drug-likeness (QED) is 0.139. The van der Waals surface area contributed by atoms with Gasteiger partial charge >= 0.3 is 0 Å². The van der Waals surface area contributed by atoms with Crippen LogP contribution in [0.3, 0.4) is 0 Å². The number of aliphatic hydroxyl groups is 1. The molecular formula is C30H53NO2. The maximum absolute atomic E-state index is 8.86. The molecule has 3 aliphatic carbocycles. The maximum atomic E-state index is 8.86. The van der Waals surface area contributed by atoms with Gasteiger partial charge in [-0.05, 0) is 119 Å². The van der Waals surface area contributed by atoms with E-state index >= 15 is 0 Å². The van der Waals surface area contributed by atoms with Gasteiger partial charge in [-0.2, -0.15) is 0 Å². The summed E-state index contributed by atoms with van der Waals surface area (Å²) in [6.45, 7) is 9.44. The van der Waals surface area contributed by atoms with E-state index in [2.05, 4.69) is 32.7 Å². The van der Waals surface area contributed by atoms with E-state index in [1.54, 1.807) is 0 Å². The Morgan fingerprint density at radius 2 is 1.79 bits per heavy atom. The zero-order valence-electron chi connectivity index (χ0n) is 21.9. The normalized spacial score (nSPS) is 37.8. The number of ether oxygens (including phenoxy) is 1. The molecule has 0 aromatic carbocycles. The first-order chi connectivity index (χ1) is 16.2. The second kappa shape index (κ2) is 14.0. The summed E-state index contributed by atoms with van der Waals surface area (Å²) in [7, 11) is 0. The van der Waals surface area contributed by atoms with Crippen LogP contribution in [0.2, 0.25) is 0 Å². The highest BCUT2D eigenvalue weighted by molar-refractivity contribution is 5.25. The Morgan fingerprint density at radius 3 is 2.55 bits per heavy atom. The molecule has 3 nitrogen and oxygen atoms in total. The fourth-order valence-electron chi connectivity index (χ4n) is 8.34. The van der Waals surface area contributed by atoms with Gasteiger partial charge in [0.1, 0.15) is 6.79 Å². The van der Waals surface area contributed by atoms with Crippen molar-refractivity contribution in [2.45, 2.75) is 123 Å². The van der Waals surface area contributed by atoms with Gasteiger partial charge in [-0.3, -0.25) is 4.99 Å². The summed E-state index contributed by atoms with van der Waals surface area (Å²) in [5, 5.41) is 8.86. The molecule has 0 aromatic heterocycles. The lowest BCUT2D eigenvalue weighted by Gasteiger charge is -2.52. The van der Waals surface area contributed by atoms with Crippen molar-refractivity contribution in [3.05, 3.63) is 12.2 Å². The van der Waals surface area contributed by atoms with Crippen LogP contribution in [0.5, 0.6) is 0 Å². The van der Waals surface area contributed by atoms with E-state index in [1.165, 1.54) is 96.3 Å². The SMILES string of the molecule is C=NC1CCC(CCCOCO)C/C=C/C[C@H]2C3CCC(CCCCCC)[C@@]3(CC)CC[C@H]12. The van der Waals surface area contributed by atoms with Crippen molar-refractivity contribution in [1.29, 1.82) is 0 Å². The summed E-state index contributed by atoms with van der Waals surface area (Å²) < 4.78 is 5.15. The molecule has 0 amide bonds. The number of allylic oxidation sites excluding steroid dienone is 2. The summed E-state index contributed by atoms with van der Waals surface area (Å²) in [5.74, 6) is 4.11. The van der Waals surface area contributed by atoms with Crippen molar-refractivity contribution in [2.24, 2.45) is 40.0 Å². The topological polar surface area (TPSA) is 41.8 Å². The minimum atomic E-state index is -0.157. The molecule has 2 saturated carbocycles. The van der Waals surface area contributed by atoms with E-state index in [0.717, 1.165) is 30.1 Å². The van der Waals surface area contributed by atoms with E-state index in [4.69, 9.17) is 14.8 Å². The Kier molecular flexibility index (Phi) is 11.4. The van der Waals surface area contributed by atoms with Crippen molar-refractivity contribution < 1.29 is 9.84 Å². The van der Waals surface area contributed by atoms with Crippen LogP contribution in [-0.2, 0) is 4.74 Å². The third kappa shape index (κ3) is 6.72. The Morgan fingerprint density at radius 1 is 0.939 bits per heavy atom. The van der Waals surface area contributed by atoms with E-state index in [9.17, 15) is 0 Å². The number of nitrogens with zero attached hydrogens (tertiary/aromatic N) is 1. The molecular weight excluding hydrogens is 406 g/mol. The minimum Gasteiger partial charge on any atom is -0.371 e. The summed E-state index contributed by atoms with van der Waals surface area (Å²) in [4.78, 5) is 4.77. The number of fused-ring (bicyclic) bond motifs is 3. The Labute approximate surface area is 204 Å². The van der Waals surface area contributed by atoms with Crippen LogP contribution in [0.4, 0.5) is 0 Å². The molecule has 2 fully saturated rings. The van der Waals surface area contributed by atoms with Gasteiger partial charge in [0.2, 0.25) is 0 Å². The summed E-state index contributed by atoms with van der Waals surface area (Å²) in [6, 6.07) is 0.441. The van der Waals surface area contributed by atoms with E-state index in [-0.39, 0.29) is 6.79 Å². The van der Waals surface area contributed by atoms with Gasteiger partial charge in [0, 0.05) is 6.61 Å². The predicted molar refractivity (Wildman–Crippen MR) is 141 cm³/mol. The monoisotopic (exact) mass is 459 g/mol. The van der Waals surface area contributed by atoms with Crippen molar-refractivity contribution >= 4 is 6.72 Å². The smallest absolute Gasteiger partial charge is 0.143 e. The van der Waals surface area contributed by atoms with Gasteiger partial charge in [-0.25, -0.2) is 0 Å². The van der Waals surface area contributed by atoms with Gasteiger partial charge in [0.05, 0.1) is 6.04 Å². The molecule has 0 heterocycles. The fourth-order valence-corrected chi connectivity index (χ4v) is 8.34. The Balaban J connectivity index is 1.68. The minimum absolute atomic E-state index is 0.157. The van der Waals surface area contributed by atoms with E-state index in [0.29, 0.717) is 24.0 Å². The fraction of sp³-hybridized carbons (Fsp3) is 0.900. The van der Waals surface area contributed by atoms with Crippen molar-refractivity contribution in [2.75, 3.05) is 13.4 Å². The number of unbranched alkanes of at least 4 members (excludes halogenated alkanes) is 3. The third-order valence-electron chi connectivity index (χ3n) is 10.1. The van der Waals surface area contributed by atoms with Gasteiger partial charge < -0.3 is 9.84 Å². The number of aliphatic hydroxyl groups excluding tert-OH is 1. The summed E-state index contributed by atoms with van der Waals surface area (Å²) in [6.07, 6.45) is 26.4. The summed E-state index contributed by atoms with van der Waals surface area (Å²) >= 11 is 0. The Bertz CT molecular complexity index is 590. The molecule has 0 aliphatic heterocycles. The number of aliphatic imine (C=N–C) groups is 1. The Hall–Kier alpha value is -0.670. The highest BCUT2D eigenvalue weighted by atomic mass is 16.6. The second-order valence-electron chi connectivity index (χ2n) is 11.5. The molecule has 33 heavy (non-hydrogen) atoms. The van der Waals surface area contributed by atoms with Crippen LogP contribution in [-0.4, -0.2) is 31.3 Å². The standard InChI is InChI=1S/C30H53NO2/c1-4-6-7-8-14-25-17-18-28-26-15-10-9-12-24(13-11-22-33-23-32)16-19-29(31-3)27(26)20-21-30(25,28)5-2/h9-10,24-29,32H,3-8,11-23H2,1-2H3/b10-9+/t24?,25?,26-,27+,28?,29?,30-/m1/s1. The molecule has 7 atom stereocenters. The van der Waals surface area contributed by atoms with E-state index in [1.807, 2.05) is 0 Å². The largest absolute Gasteiger partial charge is 0.371 e. The van der Waals surface area contributed by atoms with Crippen molar-refractivity contribution in [3.8, 4) is 0 Å². The average molecular weight is 460 g/mol. The van der Waals surface area contributed by atoms with Crippen LogP contribution in [0, 0.1) is 35.0 Å². The zero-order valence-corrected chi connectivity index (χ0v) is 21.9. The van der Waals surface area contributed by atoms with Crippen LogP contribution >= 0.6 is 0 Å². The lowest BCUT2D eigenvalue weighted by molar-refractivity contribution is -0.0169.